The minimum Gasteiger partial charge on any atom is -0.480 e. The number of carboxylic acids is 1. The summed E-state index contributed by atoms with van der Waals surface area (Å²) in [6, 6.07) is 5.94. The van der Waals surface area contributed by atoms with Gasteiger partial charge in [0.2, 0.25) is 0 Å². The largest absolute Gasteiger partial charge is 0.480 e. The van der Waals surface area contributed by atoms with Crippen LogP contribution in [0.5, 0.6) is 0 Å². The molecule has 1 aromatic carbocycles. The second-order valence-corrected chi connectivity index (χ2v) is 2.82. The van der Waals surface area contributed by atoms with Crippen molar-refractivity contribution >= 4 is 17.6 Å². The lowest BCUT2D eigenvalue weighted by Crippen LogP contribution is -2.29. The fraction of sp³-hybridized carbons (Fsp3) is 0.111. The first-order valence-corrected chi connectivity index (χ1v) is 4.28. The molecule has 0 aliphatic heterocycles. The van der Waals surface area contributed by atoms with Gasteiger partial charge in [-0.25, -0.2) is 0 Å². The van der Waals surface area contributed by atoms with Crippen molar-refractivity contribution in [1.29, 1.82) is 0 Å². The summed E-state index contributed by atoms with van der Waals surface area (Å²) in [5.74, 6) is -1.66. The van der Waals surface area contributed by atoms with Gasteiger partial charge in [-0.05, 0) is 18.2 Å². The Hall–Kier alpha value is -2.44. The number of carbonyl (C=O) groups excluding carboxylic acids is 1. The summed E-state index contributed by atoms with van der Waals surface area (Å²) in [5, 5.41) is 24.7. The SMILES string of the molecule is O=C(O)CNC(=O)c1cccc(N=NO)c1. The predicted molar refractivity (Wildman–Crippen MR) is 52.7 cm³/mol. The molecule has 1 rings (SSSR count). The molecule has 3 N–H and O–H groups in total. The first-order chi connectivity index (χ1) is 7.63. The van der Waals surface area contributed by atoms with Crippen molar-refractivity contribution < 1.29 is 19.9 Å². The topological polar surface area (TPSA) is 111 Å². The van der Waals surface area contributed by atoms with Crippen LogP contribution in [0, 0.1) is 0 Å². The third-order valence-corrected chi connectivity index (χ3v) is 1.67. The second-order valence-electron chi connectivity index (χ2n) is 2.82. The van der Waals surface area contributed by atoms with Crippen LogP contribution in [0.2, 0.25) is 0 Å². The summed E-state index contributed by atoms with van der Waals surface area (Å²) in [4.78, 5) is 21.6. The van der Waals surface area contributed by atoms with E-state index in [1.165, 1.54) is 18.2 Å². The monoisotopic (exact) mass is 223 g/mol. The van der Waals surface area contributed by atoms with Crippen LogP contribution < -0.4 is 5.32 Å². The smallest absolute Gasteiger partial charge is 0.322 e. The third kappa shape index (κ3) is 3.37. The van der Waals surface area contributed by atoms with Gasteiger partial charge in [-0.2, -0.15) is 0 Å². The van der Waals surface area contributed by atoms with E-state index in [1.54, 1.807) is 6.07 Å². The zero-order chi connectivity index (χ0) is 12.0. The highest BCUT2D eigenvalue weighted by Gasteiger charge is 2.07. The van der Waals surface area contributed by atoms with Crippen molar-refractivity contribution in [3.8, 4) is 0 Å². The lowest BCUT2D eigenvalue weighted by Gasteiger charge is -2.02. The average molecular weight is 223 g/mol. The number of hydrogen-bond acceptors (Lipinski definition) is 4. The summed E-state index contributed by atoms with van der Waals surface area (Å²) in [5.41, 5.74) is 0.539. The molecule has 0 unspecified atom stereocenters. The van der Waals surface area contributed by atoms with E-state index in [2.05, 4.69) is 15.7 Å². The van der Waals surface area contributed by atoms with E-state index in [1.807, 2.05) is 0 Å². The molecule has 0 aromatic heterocycles. The molecule has 0 saturated heterocycles. The number of aliphatic carboxylic acids is 1. The molecule has 1 amide bonds. The number of hydrogen-bond donors (Lipinski definition) is 3. The van der Waals surface area contributed by atoms with Crippen LogP contribution in [-0.2, 0) is 4.79 Å². The molecule has 0 radical (unpaired) electrons. The van der Waals surface area contributed by atoms with Gasteiger partial charge in [0.05, 0.1) is 5.69 Å². The van der Waals surface area contributed by atoms with Crippen LogP contribution in [0.15, 0.2) is 34.7 Å². The Balaban J connectivity index is 2.75. The lowest BCUT2D eigenvalue weighted by atomic mass is 10.2. The van der Waals surface area contributed by atoms with Gasteiger partial charge >= 0.3 is 5.97 Å². The average Bonchev–Trinajstić information content (AvgIpc) is 2.26. The van der Waals surface area contributed by atoms with Gasteiger partial charge in [0.15, 0.2) is 0 Å². The highest BCUT2D eigenvalue weighted by molar-refractivity contribution is 5.96. The van der Waals surface area contributed by atoms with Crippen LogP contribution in [0.25, 0.3) is 0 Å². The van der Waals surface area contributed by atoms with Crippen molar-refractivity contribution in [3.05, 3.63) is 29.8 Å². The van der Waals surface area contributed by atoms with Crippen molar-refractivity contribution in [3.63, 3.8) is 0 Å². The molecule has 7 heteroatoms. The molecule has 0 spiro atoms. The number of carbonyl (C=O) groups is 2. The molecule has 0 bridgehead atoms. The van der Waals surface area contributed by atoms with E-state index >= 15 is 0 Å². The van der Waals surface area contributed by atoms with Gasteiger partial charge in [0.1, 0.15) is 6.54 Å². The quantitative estimate of drug-likeness (QED) is 0.521. The zero-order valence-corrected chi connectivity index (χ0v) is 8.12. The molecule has 0 aliphatic carbocycles. The van der Waals surface area contributed by atoms with Crippen LogP contribution in [0.1, 0.15) is 10.4 Å². The van der Waals surface area contributed by atoms with Crippen LogP contribution in [0.4, 0.5) is 5.69 Å². The minimum atomic E-state index is -1.13. The van der Waals surface area contributed by atoms with Crippen LogP contribution >= 0.6 is 0 Å². The summed E-state index contributed by atoms with van der Waals surface area (Å²) in [7, 11) is 0. The molecule has 0 atom stereocenters. The zero-order valence-electron chi connectivity index (χ0n) is 8.12. The minimum absolute atomic E-state index is 0.242. The molecular formula is C9H9N3O4. The van der Waals surface area contributed by atoms with Crippen molar-refractivity contribution in [2.45, 2.75) is 0 Å². The molecule has 1 aromatic rings. The van der Waals surface area contributed by atoms with Gasteiger partial charge in [-0.15, -0.1) is 5.11 Å². The van der Waals surface area contributed by atoms with Gasteiger partial charge in [0, 0.05) is 10.8 Å². The van der Waals surface area contributed by atoms with Gasteiger partial charge in [-0.3, -0.25) is 9.59 Å². The van der Waals surface area contributed by atoms with E-state index in [0.717, 1.165) is 0 Å². The maximum Gasteiger partial charge on any atom is 0.322 e. The Morgan fingerprint density at radius 1 is 1.38 bits per heavy atom. The number of carboxylic acid groups (broad SMARTS) is 1. The van der Waals surface area contributed by atoms with E-state index in [-0.39, 0.29) is 5.56 Å². The van der Waals surface area contributed by atoms with Gasteiger partial charge < -0.3 is 15.6 Å². The molecule has 0 heterocycles. The Morgan fingerprint density at radius 3 is 2.75 bits per heavy atom. The molecular weight excluding hydrogens is 214 g/mol. The number of nitrogens with one attached hydrogen (secondary N) is 1. The number of amides is 1. The Bertz CT molecular complexity index is 431. The molecule has 7 nitrogen and oxygen atoms in total. The van der Waals surface area contributed by atoms with Crippen molar-refractivity contribution in [1.82, 2.24) is 5.32 Å². The maximum absolute atomic E-state index is 11.4. The summed E-state index contributed by atoms with van der Waals surface area (Å²) >= 11 is 0. The van der Waals surface area contributed by atoms with Crippen LogP contribution in [0.3, 0.4) is 0 Å². The molecule has 84 valence electrons. The fourth-order valence-electron chi connectivity index (χ4n) is 1.02. The molecule has 0 fully saturated rings. The lowest BCUT2D eigenvalue weighted by molar-refractivity contribution is -0.135. The Morgan fingerprint density at radius 2 is 2.12 bits per heavy atom. The van der Waals surface area contributed by atoms with Crippen LogP contribution in [-0.4, -0.2) is 28.7 Å². The van der Waals surface area contributed by atoms with E-state index in [0.29, 0.717) is 5.69 Å². The van der Waals surface area contributed by atoms with Gasteiger partial charge in [0.25, 0.3) is 5.91 Å². The summed E-state index contributed by atoms with van der Waals surface area (Å²) < 4.78 is 0. The first-order valence-electron chi connectivity index (χ1n) is 4.28. The molecule has 0 saturated carbocycles. The Labute approximate surface area is 90.4 Å². The number of rotatable bonds is 4. The standard InChI is InChI=1S/C9H9N3O4/c13-8(14)5-10-9(15)6-2-1-3-7(4-6)11-12-16/h1-4H,5H2,(H,10,15)(H,11,16)(H,13,14). The normalized spacial score (nSPS) is 10.2. The highest BCUT2D eigenvalue weighted by Crippen LogP contribution is 2.13. The third-order valence-electron chi connectivity index (χ3n) is 1.67. The highest BCUT2D eigenvalue weighted by atomic mass is 16.5. The summed E-state index contributed by atoms with van der Waals surface area (Å²) in [6.45, 7) is -0.454. The Kier molecular flexibility index (Phi) is 3.96. The van der Waals surface area contributed by atoms with Crippen molar-refractivity contribution in [2.75, 3.05) is 6.54 Å². The second kappa shape index (κ2) is 5.44. The number of benzene rings is 1. The maximum atomic E-state index is 11.4. The van der Waals surface area contributed by atoms with E-state index in [4.69, 9.17) is 10.3 Å². The first kappa shape index (κ1) is 11.6. The van der Waals surface area contributed by atoms with E-state index < -0.39 is 18.4 Å². The molecule has 16 heavy (non-hydrogen) atoms. The fourth-order valence-corrected chi connectivity index (χ4v) is 1.02. The van der Waals surface area contributed by atoms with Crippen molar-refractivity contribution in [2.24, 2.45) is 10.4 Å². The van der Waals surface area contributed by atoms with E-state index in [9.17, 15) is 9.59 Å². The predicted octanol–water partition coefficient (Wildman–Crippen LogP) is 0.974. The number of nitrogens with zero attached hydrogens (tertiary/aromatic N) is 2. The van der Waals surface area contributed by atoms with Gasteiger partial charge in [-0.1, -0.05) is 6.07 Å². The molecule has 0 aliphatic rings. The summed E-state index contributed by atoms with van der Waals surface area (Å²) in [6.07, 6.45) is 0.